The molecule has 1 fully saturated rings. The highest BCUT2D eigenvalue weighted by Crippen LogP contribution is 1.96. The van der Waals surface area contributed by atoms with Gasteiger partial charge < -0.3 is 5.32 Å². The van der Waals surface area contributed by atoms with Gasteiger partial charge in [0, 0.05) is 8.56 Å². The van der Waals surface area contributed by atoms with Crippen LogP contribution in [0.1, 0.15) is 27.8 Å². The van der Waals surface area contributed by atoms with Crippen molar-refractivity contribution in [2.24, 2.45) is 0 Å². The lowest BCUT2D eigenvalue weighted by atomic mass is 10.2. The van der Waals surface area contributed by atoms with Crippen molar-refractivity contribution in [3.8, 4) is 0 Å². The van der Waals surface area contributed by atoms with E-state index in [1.165, 1.54) is 32.4 Å². The summed E-state index contributed by atoms with van der Waals surface area (Å²) in [4.78, 5) is 0. The van der Waals surface area contributed by atoms with Crippen molar-refractivity contribution in [3.05, 3.63) is 0 Å². The van der Waals surface area contributed by atoms with E-state index in [4.69, 9.17) is 0 Å². The molecule has 0 aromatic rings. The fourth-order valence-electron chi connectivity index (χ4n) is 0.802. The molecule has 0 amide bonds. The van der Waals surface area contributed by atoms with Crippen LogP contribution in [0.25, 0.3) is 0 Å². The van der Waals surface area contributed by atoms with Gasteiger partial charge in [-0.1, -0.05) is 6.42 Å². The van der Waals surface area contributed by atoms with E-state index >= 15 is 0 Å². The summed E-state index contributed by atoms with van der Waals surface area (Å²) in [5.74, 6) is 0. The molecule has 1 N–H and O–H groups in total. The van der Waals surface area contributed by atoms with Crippen LogP contribution in [0.2, 0.25) is 0 Å². The summed E-state index contributed by atoms with van der Waals surface area (Å²) < 4.78 is 0. The molecule has 0 aliphatic carbocycles. The van der Waals surface area contributed by atoms with E-state index < -0.39 is 0 Å². The van der Waals surface area contributed by atoms with Gasteiger partial charge in [0.1, 0.15) is 0 Å². The average Bonchev–Trinajstić information content (AvgIpc) is 1.72. The molecule has 1 nitrogen and oxygen atoms in total. The topological polar surface area (TPSA) is 12.0 Å². The lowest BCUT2D eigenvalue weighted by Gasteiger charge is -2.08. The number of piperidine rings is 1. The molecule has 0 spiro atoms. The van der Waals surface area contributed by atoms with Crippen molar-refractivity contribution < 1.29 is 8.56 Å². The molecular formula is C5H23N. The quantitative estimate of drug-likeness (QED) is 0.489. The molecule has 0 bridgehead atoms. The first-order valence-electron chi connectivity index (χ1n) is 2.71. The molecule has 1 aliphatic heterocycles. The second-order valence-corrected chi connectivity index (χ2v) is 1.81. The Morgan fingerprint density at radius 1 is 1.00 bits per heavy atom. The number of hydrogen-bond donors (Lipinski definition) is 1. The van der Waals surface area contributed by atoms with Crippen LogP contribution in [-0.4, -0.2) is 13.1 Å². The van der Waals surface area contributed by atoms with Crippen molar-refractivity contribution in [3.63, 3.8) is 0 Å². The first-order chi connectivity index (χ1) is 3.00. The normalized spacial score (nSPS) is 24.0. The molecule has 1 saturated heterocycles. The first-order valence-corrected chi connectivity index (χ1v) is 2.71. The van der Waals surface area contributed by atoms with Gasteiger partial charge in [-0.2, -0.15) is 0 Å². The van der Waals surface area contributed by atoms with Crippen LogP contribution in [-0.2, 0) is 0 Å². The SMILES string of the molecule is C1CCNCC1.[HH].[HH].[HH].[HH].[HH].[HH]. The summed E-state index contributed by atoms with van der Waals surface area (Å²) in [6, 6.07) is 0. The van der Waals surface area contributed by atoms with E-state index in [0.717, 1.165) is 0 Å². The van der Waals surface area contributed by atoms with Gasteiger partial charge in [0.05, 0.1) is 0 Å². The second kappa shape index (κ2) is 2.19. The summed E-state index contributed by atoms with van der Waals surface area (Å²) in [7, 11) is 0. The molecule has 1 aliphatic rings. The Kier molecular flexibility index (Phi) is 1.51. The van der Waals surface area contributed by atoms with Gasteiger partial charge in [-0.25, -0.2) is 0 Å². The minimum absolute atomic E-state index is 0. The van der Waals surface area contributed by atoms with Crippen LogP contribution in [0, 0.1) is 0 Å². The van der Waals surface area contributed by atoms with Gasteiger partial charge in [-0.3, -0.25) is 0 Å². The molecule has 0 radical (unpaired) electrons. The Hall–Kier alpha value is -0.0400. The Labute approximate surface area is 47.7 Å². The third kappa shape index (κ3) is 0.977. The van der Waals surface area contributed by atoms with Crippen molar-refractivity contribution in [2.45, 2.75) is 19.3 Å². The highest BCUT2D eigenvalue weighted by molar-refractivity contribution is 4.55. The minimum atomic E-state index is 0. The Balaban J connectivity index is -0.0000000150. The van der Waals surface area contributed by atoms with Gasteiger partial charge in [0.15, 0.2) is 0 Å². The predicted molar refractivity (Wildman–Crippen MR) is 39.4 cm³/mol. The largest absolute Gasteiger partial charge is 0.317 e. The van der Waals surface area contributed by atoms with Crippen LogP contribution in [0.3, 0.4) is 0 Å². The van der Waals surface area contributed by atoms with Crippen molar-refractivity contribution in [1.82, 2.24) is 5.32 Å². The molecule has 1 rings (SSSR count). The molecule has 0 aromatic heterocycles. The second-order valence-electron chi connectivity index (χ2n) is 1.81. The minimum Gasteiger partial charge on any atom is -0.317 e. The molecule has 1 heterocycles. The van der Waals surface area contributed by atoms with Crippen molar-refractivity contribution >= 4 is 0 Å². The van der Waals surface area contributed by atoms with E-state index in [1.54, 1.807) is 0 Å². The van der Waals surface area contributed by atoms with E-state index in [-0.39, 0.29) is 8.56 Å². The van der Waals surface area contributed by atoms with Crippen molar-refractivity contribution in [1.29, 1.82) is 0 Å². The summed E-state index contributed by atoms with van der Waals surface area (Å²) in [5.41, 5.74) is 0. The molecule has 0 unspecified atom stereocenters. The smallest absolute Gasteiger partial charge is 0 e. The maximum Gasteiger partial charge on any atom is 0 e. The zero-order valence-corrected chi connectivity index (χ0v) is 4.04. The molecule has 48 valence electrons. The van der Waals surface area contributed by atoms with Gasteiger partial charge in [-0.15, -0.1) is 0 Å². The maximum absolute atomic E-state index is 3.28. The summed E-state index contributed by atoms with van der Waals surface area (Å²) in [6.07, 6.45) is 4.22. The van der Waals surface area contributed by atoms with E-state index in [2.05, 4.69) is 5.32 Å². The third-order valence-electron chi connectivity index (χ3n) is 1.21. The Morgan fingerprint density at radius 2 is 1.67 bits per heavy atom. The van der Waals surface area contributed by atoms with Crippen LogP contribution < -0.4 is 5.32 Å². The fraction of sp³-hybridized carbons (Fsp3) is 1.00. The zero-order chi connectivity index (χ0) is 4.24. The van der Waals surface area contributed by atoms with Crippen LogP contribution in [0.15, 0.2) is 0 Å². The summed E-state index contributed by atoms with van der Waals surface area (Å²) >= 11 is 0. The van der Waals surface area contributed by atoms with Gasteiger partial charge >= 0.3 is 0 Å². The summed E-state index contributed by atoms with van der Waals surface area (Å²) in [5, 5.41) is 3.28. The van der Waals surface area contributed by atoms with Gasteiger partial charge in [-0.05, 0) is 25.9 Å². The molecule has 6 heavy (non-hydrogen) atoms. The Bertz CT molecular complexity index is 31.4. The number of nitrogens with one attached hydrogen (secondary N) is 1. The van der Waals surface area contributed by atoms with Crippen molar-refractivity contribution in [2.75, 3.05) is 13.1 Å². The standard InChI is InChI=1S/C5H11N.6H2/c1-2-4-6-5-3-1;;;;;;/h6H,1-5H2;6*1H. The third-order valence-corrected chi connectivity index (χ3v) is 1.21. The van der Waals surface area contributed by atoms with Crippen LogP contribution in [0.5, 0.6) is 0 Å². The maximum atomic E-state index is 3.28. The molecule has 0 aromatic carbocycles. The molecule has 0 atom stereocenters. The van der Waals surface area contributed by atoms with Crippen LogP contribution in [0.4, 0.5) is 0 Å². The lowest BCUT2D eigenvalue weighted by molar-refractivity contribution is 0.520. The predicted octanol–water partition coefficient (Wildman–Crippen LogP) is 2.24. The number of rotatable bonds is 0. The lowest BCUT2D eigenvalue weighted by Crippen LogP contribution is -2.21. The first kappa shape index (κ1) is 4.13. The fourth-order valence-corrected chi connectivity index (χ4v) is 0.802. The van der Waals surface area contributed by atoms with Gasteiger partial charge in [0.25, 0.3) is 0 Å². The number of hydrogen-bond acceptors (Lipinski definition) is 1. The van der Waals surface area contributed by atoms with Crippen LogP contribution >= 0.6 is 0 Å². The summed E-state index contributed by atoms with van der Waals surface area (Å²) in [6.45, 7) is 2.50. The molecular weight excluding hydrogens is 74.1 g/mol. The monoisotopic (exact) mass is 97.2 g/mol. The van der Waals surface area contributed by atoms with E-state index in [9.17, 15) is 0 Å². The van der Waals surface area contributed by atoms with E-state index in [0.29, 0.717) is 0 Å². The molecule has 0 saturated carbocycles. The van der Waals surface area contributed by atoms with E-state index in [1.807, 2.05) is 0 Å². The molecule has 1 heteroatoms. The Morgan fingerprint density at radius 3 is 1.83 bits per heavy atom. The average molecular weight is 97.2 g/mol. The zero-order valence-electron chi connectivity index (χ0n) is 4.04. The van der Waals surface area contributed by atoms with Gasteiger partial charge in [0.2, 0.25) is 0 Å². The highest BCUT2D eigenvalue weighted by Gasteiger charge is 1.93. The highest BCUT2D eigenvalue weighted by atomic mass is 14.9.